The van der Waals surface area contributed by atoms with Crippen LogP contribution in [0.15, 0.2) is 18.2 Å². The van der Waals surface area contributed by atoms with Gasteiger partial charge in [-0.05, 0) is 69.3 Å². The second kappa shape index (κ2) is 5.17. The molecular formula is C16H21FN2O. The van der Waals surface area contributed by atoms with Crippen LogP contribution in [0.3, 0.4) is 0 Å². The summed E-state index contributed by atoms with van der Waals surface area (Å²) in [5.41, 5.74) is 1.33. The quantitative estimate of drug-likeness (QED) is 0.871. The molecule has 4 heteroatoms. The van der Waals surface area contributed by atoms with Gasteiger partial charge in [0.25, 0.3) is 5.91 Å². The van der Waals surface area contributed by atoms with Gasteiger partial charge in [-0.1, -0.05) is 0 Å². The number of hydrogen-bond acceptors (Lipinski definition) is 2. The summed E-state index contributed by atoms with van der Waals surface area (Å²) in [6, 6.07) is 4.76. The number of carbonyl (C=O) groups excluding carboxylic acids is 1. The Hall–Kier alpha value is -1.42. The Morgan fingerprint density at radius 2 is 2.25 bits per heavy atom. The van der Waals surface area contributed by atoms with Crippen molar-refractivity contribution in [2.45, 2.75) is 50.6 Å². The van der Waals surface area contributed by atoms with E-state index in [0.29, 0.717) is 11.1 Å². The van der Waals surface area contributed by atoms with E-state index >= 15 is 0 Å². The predicted molar refractivity (Wildman–Crippen MR) is 76.2 cm³/mol. The molecule has 1 atom stereocenters. The lowest BCUT2D eigenvalue weighted by Gasteiger charge is -2.48. The van der Waals surface area contributed by atoms with E-state index in [0.717, 1.165) is 19.4 Å². The fraction of sp³-hybridized carbons (Fsp3) is 0.562. The molecule has 108 valence electrons. The van der Waals surface area contributed by atoms with Crippen molar-refractivity contribution >= 4 is 5.91 Å². The Morgan fingerprint density at radius 1 is 1.45 bits per heavy atom. The minimum atomic E-state index is -0.267. The van der Waals surface area contributed by atoms with E-state index in [2.05, 4.69) is 10.6 Å². The zero-order chi connectivity index (χ0) is 14.2. The summed E-state index contributed by atoms with van der Waals surface area (Å²) in [5.74, 6) is -0.355. The SMILES string of the molecule is Cc1cc(C(=O)NC2CCNC3(CCC3)C2)ccc1F. The van der Waals surface area contributed by atoms with Crippen LogP contribution in [0.5, 0.6) is 0 Å². The first-order valence-electron chi connectivity index (χ1n) is 7.40. The van der Waals surface area contributed by atoms with Crippen LogP contribution in [-0.2, 0) is 0 Å². The van der Waals surface area contributed by atoms with E-state index in [-0.39, 0.29) is 23.3 Å². The van der Waals surface area contributed by atoms with Gasteiger partial charge in [0.15, 0.2) is 0 Å². The van der Waals surface area contributed by atoms with Gasteiger partial charge in [-0.2, -0.15) is 0 Å². The van der Waals surface area contributed by atoms with E-state index in [4.69, 9.17) is 0 Å². The molecule has 1 unspecified atom stereocenters. The third kappa shape index (κ3) is 2.57. The molecule has 1 spiro atoms. The Balaban J connectivity index is 1.64. The van der Waals surface area contributed by atoms with E-state index < -0.39 is 0 Å². The first kappa shape index (κ1) is 13.6. The molecule has 1 aromatic carbocycles. The number of halogens is 1. The Kier molecular flexibility index (Phi) is 3.50. The van der Waals surface area contributed by atoms with Crippen molar-refractivity contribution in [3.63, 3.8) is 0 Å². The summed E-state index contributed by atoms with van der Waals surface area (Å²) in [6.45, 7) is 2.65. The van der Waals surface area contributed by atoms with Crippen molar-refractivity contribution in [1.29, 1.82) is 0 Å². The highest BCUT2D eigenvalue weighted by Crippen LogP contribution is 2.38. The standard InChI is InChI=1S/C16H21FN2O/c1-11-9-12(3-4-14(11)17)15(20)19-13-5-8-18-16(10-13)6-2-7-16/h3-4,9,13,18H,2,5-8,10H2,1H3,(H,19,20). The van der Waals surface area contributed by atoms with Crippen molar-refractivity contribution in [2.24, 2.45) is 0 Å². The Labute approximate surface area is 118 Å². The van der Waals surface area contributed by atoms with Gasteiger partial charge in [0, 0.05) is 17.1 Å². The van der Waals surface area contributed by atoms with Crippen molar-refractivity contribution in [1.82, 2.24) is 10.6 Å². The average Bonchev–Trinajstić information content (AvgIpc) is 2.40. The number of piperidine rings is 1. The van der Waals surface area contributed by atoms with Gasteiger partial charge in [-0.3, -0.25) is 4.79 Å². The van der Waals surface area contributed by atoms with E-state index in [9.17, 15) is 9.18 Å². The topological polar surface area (TPSA) is 41.1 Å². The summed E-state index contributed by atoms with van der Waals surface area (Å²) >= 11 is 0. The van der Waals surface area contributed by atoms with Crippen LogP contribution in [-0.4, -0.2) is 24.0 Å². The zero-order valence-corrected chi connectivity index (χ0v) is 11.8. The molecule has 1 aliphatic heterocycles. The second-order valence-electron chi connectivity index (χ2n) is 6.19. The molecular weight excluding hydrogens is 255 g/mol. The molecule has 0 aromatic heterocycles. The molecule has 2 N–H and O–H groups in total. The van der Waals surface area contributed by atoms with Crippen molar-refractivity contribution < 1.29 is 9.18 Å². The zero-order valence-electron chi connectivity index (χ0n) is 11.8. The Bertz CT molecular complexity index is 525. The van der Waals surface area contributed by atoms with Crippen LogP contribution in [0.1, 0.15) is 48.0 Å². The molecule has 2 aliphatic rings. The Morgan fingerprint density at radius 3 is 2.90 bits per heavy atom. The molecule has 1 saturated carbocycles. The highest BCUT2D eigenvalue weighted by atomic mass is 19.1. The molecule has 1 aliphatic carbocycles. The molecule has 0 radical (unpaired) electrons. The summed E-state index contributed by atoms with van der Waals surface area (Å²) in [7, 11) is 0. The van der Waals surface area contributed by atoms with Crippen LogP contribution in [0.25, 0.3) is 0 Å². The first-order valence-corrected chi connectivity index (χ1v) is 7.40. The lowest BCUT2D eigenvalue weighted by atomic mass is 9.70. The molecule has 1 saturated heterocycles. The van der Waals surface area contributed by atoms with Gasteiger partial charge in [0.05, 0.1) is 0 Å². The van der Waals surface area contributed by atoms with Crippen LogP contribution in [0.2, 0.25) is 0 Å². The smallest absolute Gasteiger partial charge is 0.251 e. The molecule has 1 amide bonds. The number of aryl methyl sites for hydroxylation is 1. The summed E-state index contributed by atoms with van der Waals surface area (Å²) < 4.78 is 13.2. The van der Waals surface area contributed by atoms with Crippen molar-refractivity contribution in [3.8, 4) is 0 Å². The molecule has 3 nitrogen and oxygen atoms in total. The number of rotatable bonds is 2. The maximum Gasteiger partial charge on any atom is 0.251 e. The number of hydrogen-bond donors (Lipinski definition) is 2. The minimum absolute atomic E-state index is 0.0885. The number of benzene rings is 1. The highest BCUT2D eigenvalue weighted by molar-refractivity contribution is 5.94. The lowest BCUT2D eigenvalue weighted by molar-refractivity contribution is 0.0853. The van der Waals surface area contributed by atoms with E-state index in [1.54, 1.807) is 19.1 Å². The maximum atomic E-state index is 13.2. The first-order chi connectivity index (χ1) is 9.58. The van der Waals surface area contributed by atoms with Crippen LogP contribution in [0.4, 0.5) is 4.39 Å². The van der Waals surface area contributed by atoms with Crippen LogP contribution < -0.4 is 10.6 Å². The fourth-order valence-corrected chi connectivity index (χ4v) is 3.32. The molecule has 20 heavy (non-hydrogen) atoms. The molecule has 3 rings (SSSR count). The average molecular weight is 276 g/mol. The number of amides is 1. The minimum Gasteiger partial charge on any atom is -0.349 e. The van der Waals surface area contributed by atoms with E-state index in [1.807, 2.05) is 0 Å². The van der Waals surface area contributed by atoms with Crippen molar-refractivity contribution in [2.75, 3.05) is 6.54 Å². The van der Waals surface area contributed by atoms with Gasteiger partial charge in [-0.15, -0.1) is 0 Å². The highest BCUT2D eigenvalue weighted by Gasteiger charge is 2.41. The fourth-order valence-electron chi connectivity index (χ4n) is 3.32. The number of carbonyl (C=O) groups is 1. The van der Waals surface area contributed by atoms with Gasteiger partial charge >= 0.3 is 0 Å². The van der Waals surface area contributed by atoms with Gasteiger partial charge in [0.1, 0.15) is 5.82 Å². The van der Waals surface area contributed by atoms with Gasteiger partial charge in [-0.25, -0.2) is 4.39 Å². The number of nitrogens with one attached hydrogen (secondary N) is 2. The van der Waals surface area contributed by atoms with Crippen LogP contribution in [0, 0.1) is 12.7 Å². The molecule has 1 heterocycles. The van der Waals surface area contributed by atoms with E-state index in [1.165, 1.54) is 25.3 Å². The third-order valence-electron chi connectivity index (χ3n) is 4.70. The predicted octanol–water partition coefficient (Wildman–Crippen LogP) is 2.54. The summed E-state index contributed by atoms with van der Waals surface area (Å²) in [5, 5.41) is 6.69. The largest absolute Gasteiger partial charge is 0.349 e. The molecule has 0 bridgehead atoms. The van der Waals surface area contributed by atoms with Crippen LogP contribution >= 0.6 is 0 Å². The monoisotopic (exact) mass is 276 g/mol. The van der Waals surface area contributed by atoms with Gasteiger partial charge < -0.3 is 10.6 Å². The van der Waals surface area contributed by atoms with Gasteiger partial charge in [0.2, 0.25) is 0 Å². The molecule has 1 aromatic rings. The molecule has 2 fully saturated rings. The summed E-state index contributed by atoms with van der Waals surface area (Å²) in [4.78, 5) is 12.2. The lowest BCUT2D eigenvalue weighted by Crippen LogP contribution is -2.59. The maximum absolute atomic E-state index is 13.2. The van der Waals surface area contributed by atoms with Crippen molar-refractivity contribution in [3.05, 3.63) is 35.1 Å². The third-order valence-corrected chi connectivity index (χ3v) is 4.70. The second-order valence-corrected chi connectivity index (χ2v) is 6.19. The summed E-state index contributed by atoms with van der Waals surface area (Å²) in [6.07, 6.45) is 5.70. The normalized spacial score (nSPS) is 24.2.